The van der Waals surface area contributed by atoms with Gasteiger partial charge in [0.05, 0.1) is 0 Å². The average molecular weight is 184 g/mol. The third kappa shape index (κ3) is 3.28. The summed E-state index contributed by atoms with van der Waals surface area (Å²) >= 11 is 0. The van der Waals surface area contributed by atoms with Gasteiger partial charge in [-0.2, -0.15) is 0 Å². The Balaban J connectivity index is 2.37. The molecule has 1 heterocycles. The smallest absolute Gasteiger partial charge is 0.000974 e. The molecule has 0 aromatic carbocycles. The number of hydrogen-bond acceptors (Lipinski definition) is 2. The summed E-state index contributed by atoms with van der Waals surface area (Å²) in [6.45, 7) is 5.68. The van der Waals surface area contributed by atoms with E-state index in [1.54, 1.807) is 0 Å². The molecule has 1 saturated heterocycles. The zero-order valence-electron chi connectivity index (χ0n) is 9.13. The van der Waals surface area contributed by atoms with Crippen LogP contribution in [0.15, 0.2) is 0 Å². The second kappa shape index (κ2) is 5.61. The molecule has 0 aliphatic carbocycles. The van der Waals surface area contributed by atoms with Gasteiger partial charge < -0.3 is 10.6 Å². The zero-order chi connectivity index (χ0) is 9.68. The van der Waals surface area contributed by atoms with Gasteiger partial charge in [0.15, 0.2) is 0 Å². The van der Waals surface area contributed by atoms with Crippen LogP contribution < -0.4 is 5.73 Å². The number of nitrogens with two attached hydrogens (primary N) is 1. The number of piperidine rings is 1. The quantitative estimate of drug-likeness (QED) is 0.720. The summed E-state index contributed by atoms with van der Waals surface area (Å²) in [6, 6.07) is 0. The molecule has 2 heteroatoms. The molecule has 78 valence electrons. The minimum absolute atomic E-state index is 0.771. The van der Waals surface area contributed by atoms with Crippen LogP contribution in [0.4, 0.5) is 0 Å². The van der Waals surface area contributed by atoms with Crippen LogP contribution in [-0.2, 0) is 0 Å². The van der Waals surface area contributed by atoms with Gasteiger partial charge in [-0.25, -0.2) is 0 Å². The Bertz CT molecular complexity index is 136. The van der Waals surface area contributed by atoms with Gasteiger partial charge in [-0.15, -0.1) is 0 Å². The Morgan fingerprint density at radius 2 is 2.31 bits per heavy atom. The first kappa shape index (κ1) is 11.0. The Kier molecular flexibility index (Phi) is 4.74. The van der Waals surface area contributed by atoms with Gasteiger partial charge in [-0.3, -0.25) is 0 Å². The molecular formula is C11H24N2. The molecule has 2 unspecified atom stereocenters. The Morgan fingerprint density at radius 3 is 2.85 bits per heavy atom. The maximum atomic E-state index is 5.82. The molecule has 2 N–H and O–H groups in total. The lowest BCUT2D eigenvalue weighted by atomic mass is 9.83. The lowest BCUT2D eigenvalue weighted by Crippen LogP contribution is -2.38. The van der Waals surface area contributed by atoms with Crippen LogP contribution in [0.3, 0.4) is 0 Å². The fourth-order valence-corrected chi connectivity index (χ4v) is 2.51. The lowest BCUT2D eigenvalue weighted by molar-refractivity contribution is 0.156. The van der Waals surface area contributed by atoms with Crippen LogP contribution in [0.5, 0.6) is 0 Å². The summed E-state index contributed by atoms with van der Waals surface area (Å²) in [5, 5.41) is 0. The van der Waals surface area contributed by atoms with E-state index in [1.165, 1.54) is 38.8 Å². The van der Waals surface area contributed by atoms with E-state index in [2.05, 4.69) is 18.9 Å². The third-order valence-corrected chi connectivity index (χ3v) is 3.29. The van der Waals surface area contributed by atoms with Crippen molar-refractivity contribution in [3.8, 4) is 0 Å². The number of nitrogens with zero attached hydrogens (tertiary/aromatic N) is 1. The van der Waals surface area contributed by atoms with E-state index in [0.717, 1.165) is 18.4 Å². The monoisotopic (exact) mass is 184 g/mol. The van der Waals surface area contributed by atoms with Crippen molar-refractivity contribution in [2.75, 3.05) is 26.7 Å². The molecule has 13 heavy (non-hydrogen) atoms. The molecule has 1 aliphatic rings. The van der Waals surface area contributed by atoms with Crippen LogP contribution in [0.1, 0.15) is 32.6 Å². The first-order valence-corrected chi connectivity index (χ1v) is 5.66. The third-order valence-electron chi connectivity index (χ3n) is 3.29. The molecule has 0 bridgehead atoms. The predicted molar refractivity (Wildman–Crippen MR) is 57.7 cm³/mol. The van der Waals surface area contributed by atoms with E-state index in [-0.39, 0.29) is 0 Å². The fourth-order valence-electron chi connectivity index (χ4n) is 2.51. The Hall–Kier alpha value is -0.0800. The normalized spacial score (nSPS) is 27.5. The molecule has 0 amide bonds. The second-order valence-corrected chi connectivity index (χ2v) is 4.45. The molecule has 1 rings (SSSR count). The van der Waals surface area contributed by atoms with Gasteiger partial charge in [0.25, 0.3) is 0 Å². The van der Waals surface area contributed by atoms with Crippen molar-refractivity contribution in [2.45, 2.75) is 32.6 Å². The van der Waals surface area contributed by atoms with E-state index >= 15 is 0 Å². The molecule has 2 atom stereocenters. The van der Waals surface area contributed by atoms with Crippen molar-refractivity contribution in [1.29, 1.82) is 0 Å². The highest BCUT2D eigenvalue weighted by molar-refractivity contribution is 4.77. The SMILES string of the molecule is CCCC(CN)C1CCCN(C)C1. The Labute approximate surface area is 82.5 Å². The molecule has 2 nitrogen and oxygen atoms in total. The van der Waals surface area contributed by atoms with Gasteiger partial charge in [0.1, 0.15) is 0 Å². The lowest BCUT2D eigenvalue weighted by Gasteiger charge is -2.34. The number of likely N-dealkylation sites (tertiary alicyclic amines) is 1. The van der Waals surface area contributed by atoms with Crippen LogP contribution in [0, 0.1) is 11.8 Å². The summed E-state index contributed by atoms with van der Waals surface area (Å²) in [5.74, 6) is 1.64. The molecule has 0 spiro atoms. The Morgan fingerprint density at radius 1 is 1.54 bits per heavy atom. The predicted octanol–water partition coefficient (Wildman–Crippen LogP) is 1.70. The molecular weight excluding hydrogens is 160 g/mol. The molecule has 0 saturated carbocycles. The minimum Gasteiger partial charge on any atom is -0.330 e. The van der Waals surface area contributed by atoms with Crippen molar-refractivity contribution in [3.05, 3.63) is 0 Å². The first-order valence-electron chi connectivity index (χ1n) is 5.66. The van der Waals surface area contributed by atoms with Crippen molar-refractivity contribution in [2.24, 2.45) is 17.6 Å². The standard InChI is InChI=1S/C11H24N2/c1-3-5-10(8-12)11-6-4-7-13(2)9-11/h10-11H,3-9,12H2,1-2H3. The van der Waals surface area contributed by atoms with E-state index in [1.807, 2.05) is 0 Å². The van der Waals surface area contributed by atoms with Gasteiger partial charge >= 0.3 is 0 Å². The molecule has 1 fully saturated rings. The topological polar surface area (TPSA) is 29.3 Å². The van der Waals surface area contributed by atoms with E-state index in [0.29, 0.717) is 0 Å². The van der Waals surface area contributed by atoms with Gasteiger partial charge in [0, 0.05) is 6.54 Å². The van der Waals surface area contributed by atoms with E-state index < -0.39 is 0 Å². The van der Waals surface area contributed by atoms with Crippen LogP contribution >= 0.6 is 0 Å². The summed E-state index contributed by atoms with van der Waals surface area (Å²) in [5.41, 5.74) is 5.82. The highest BCUT2D eigenvalue weighted by Gasteiger charge is 2.23. The number of hydrogen-bond donors (Lipinski definition) is 1. The average Bonchev–Trinajstić information content (AvgIpc) is 2.14. The highest BCUT2D eigenvalue weighted by Crippen LogP contribution is 2.25. The first-order chi connectivity index (χ1) is 6.27. The molecule has 0 radical (unpaired) electrons. The van der Waals surface area contributed by atoms with Crippen molar-refractivity contribution >= 4 is 0 Å². The van der Waals surface area contributed by atoms with Crippen LogP contribution in [0.25, 0.3) is 0 Å². The molecule has 0 aromatic rings. The summed E-state index contributed by atoms with van der Waals surface area (Å²) < 4.78 is 0. The minimum atomic E-state index is 0.771. The van der Waals surface area contributed by atoms with E-state index in [4.69, 9.17) is 5.73 Å². The van der Waals surface area contributed by atoms with Crippen molar-refractivity contribution in [3.63, 3.8) is 0 Å². The highest BCUT2D eigenvalue weighted by atomic mass is 15.1. The summed E-state index contributed by atoms with van der Waals surface area (Å²) in [4.78, 5) is 2.45. The van der Waals surface area contributed by atoms with Crippen molar-refractivity contribution in [1.82, 2.24) is 4.90 Å². The molecule has 1 aliphatic heterocycles. The van der Waals surface area contributed by atoms with Crippen molar-refractivity contribution < 1.29 is 0 Å². The summed E-state index contributed by atoms with van der Waals surface area (Å²) in [7, 11) is 2.23. The van der Waals surface area contributed by atoms with Gasteiger partial charge in [-0.05, 0) is 51.2 Å². The number of rotatable bonds is 4. The van der Waals surface area contributed by atoms with Gasteiger partial charge in [-0.1, -0.05) is 13.3 Å². The largest absolute Gasteiger partial charge is 0.330 e. The zero-order valence-corrected chi connectivity index (χ0v) is 9.13. The maximum Gasteiger partial charge on any atom is 0.000974 e. The fraction of sp³-hybridized carbons (Fsp3) is 1.00. The molecule has 0 aromatic heterocycles. The van der Waals surface area contributed by atoms with Gasteiger partial charge in [0.2, 0.25) is 0 Å². The maximum absolute atomic E-state index is 5.82. The summed E-state index contributed by atoms with van der Waals surface area (Å²) in [6.07, 6.45) is 5.35. The van der Waals surface area contributed by atoms with Crippen LogP contribution in [0.2, 0.25) is 0 Å². The second-order valence-electron chi connectivity index (χ2n) is 4.45. The van der Waals surface area contributed by atoms with Crippen LogP contribution in [-0.4, -0.2) is 31.6 Å². The van der Waals surface area contributed by atoms with E-state index in [9.17, 15) is 0 Å².